The van der Waals surface area contributed by atoms with Crippen molar-refractivity contribution in [1.29, 1.82) is 0 Å². The lowest BCUT2D eigenvalue weighted by Gasteiger charge is -2.34. The van der Waals surface area contributed by atoms with E-state index in [1.165, 1.54) is 0 Å². The van der Waals surface area contributed by atoms with Crippen LogP contribution < -0.4 is 0 Å². The van der Waals surface area contributed by atoms with Crippen molar-refractivity contribution >= 4 is 29.2 Å². The Bertz CT molecular complexity index is 1120. The number of cyclic esters (lactones) is 1. The third-order valence-corrected chi connectivity index (χ3v) is 10.3. The molecule has 44 heavy (non-hydrogen) atoms. The lowest BCUT2D eigenvalue weighted by Crippen LogP contribution is -2.45. The number of hydrogen-bond donors (Lipinski definition) is 2. The number of fused-ring (bicyclic) bond motifs is 1. The summed E-state index contributed by atoms with van der Waals surface area (Å²) in [5.74, 6) is -1.62. The topological polar surface area (TPSA) is 131 Å². The zero-order valence-electron chi connectivity index (χ0n) is 27.8. The summed E-state index contributed by atoms with van der Waals surface area (Å²) in [6.45, 7) is 14.4. The minimum atomic E-state index is -1.26. The van der Waals surface area contributed by atoms with Gasteiger partial charge in [0.25, 0.3) is 0 Å². The van der Waals surface area contributed by atoms with Crippen molar-refractivity contribution in [2.45, 2.75) is 110 Å². The second kappa shape index (κ2) is 16.2. The summed E-state index contributed by atoms with van der Waals surface area (Å²) in [4.78, 5) is 33.6. The molecule has 10 nitrogen and oxygen atoms in total. The van der Waals surface area contributed by atoms with Crippen molar-refractivity contribution in [2.75, 3.05) is 40.5 Å². The molecule has 0 bridgehead atoms. The highest BCUT2D eigenvalue weighted by Gasteiger charge is 2.53. The highest BCUT2D eigenvalue weighted by Crippen LogP contribution is 2.45. The van der Waals surface area contributed by atoms with E-state index in [0.717, 1.165) is 48.6 Å². The van der Waals surface area contributed by atoms with E-state index in [1.54, 1.807) is 46.3 Å². The van der Waals surface area contributed by atoms with Gasteiger partial charge in [-0.3, -0.25) is 14.5 Å². The highest BCUT2D eigenvalue weighted by molar-refractivity contribution is 7.09. The van der Waals surface area contributed by atoms with E-state index in [-0.39, 0.29) is 29.8 Å². The van der Waals surface area contributed by atoms with Gasteiger partial charge in [0.05, 0.1) is 61.2 Å². The molecule has 2 fully saturated rings. The molecule has 7 atom stereocenters. The molecule has 0 aromatic carbocycles. The van der Waals surface area contributed by atoms with Gasteiger partial charge in [-0.1, -0.05) is 34.1 Å². The van der Waals surface area contributed by atoms with E-state index in [4.69, 9.17) is 23.9 Å². The van der Waals surface area contributed by atoms with Crippen molar-refractivity contribution in [2.24, 2.45) is 17.3 Å². The van der Waals surface area contributed by atoms with Crippen LogP contribution in [0.5, 0.6) is 0 Å². The summed E-state index contributed by atoms with van der Waals surface area (Å²) in [5, 5.41) is 24.9. The number of ether oxygens (including phenoxy) is 4. The Hall–Kier alpha value is -1.73. The summed E-state index contributed by atoms with van der Waals surface area (Å²) < 4.78 is 22.6. The van der Waals surface area contributed by atoms with E-state index in [1.807, 2.05) is 25.3 Å². The number of epoxide rings is 1. The third-order valence-electron chi connectivity index (χ3n) is 9.44. The van der Waals surface area contributed by atoms with Gasteiger partial charge in [0.2, 0.25) is 0 Å². The first-order valence-electron chi connectivity index (χ1n) is 15.8. The molecule has 3 heterocycles. The lowest BCUT2D eigenvalue weighted by atomic mass is 9.73. The van der Waals surface area contributed by atoms with Crippen molar-refractivity contribution in [1.82, 2.24) is 9.88 Å². The Morgan fingerprint density at radius 1 is 1.16 bits per heavy atom. The Kier molecular flexibility index (Phi) is 13.5. The Labute approximate surface area is 267 Å². The first kappa shape index (κ1) is 36.7. The van der Waals surface area contributed by atoms with Gasteiger partial charge in [0, 0.05) is 45.0 Å². The van der Waals surface area contributed by atoms with Gasteiger partial charge in [-0.15, -0.1) is 11.3 Å². The highest BCUT2D eigenvalue weighted by atomic mass is 32.1. The molecule has 2 aliphatic rings. The summed E-state index contributed by atoms with van der Waals surface area (Å²) in [6, 6.07) is 0. The van der Waals surface area contributed by atoms with Gasteiger partial charge in [0.15, 0.2) is 0 Å². The van der Waals surface area contributed by atoms with Crippen LogP contribution >= 0.6 is 11.3 Å². The van der Waals surface area contributed by atoms with Crippen LogP contribution in [-0.4, -0.2) is 102 Å². The standard InChI is InChI=1S/C33H54N2O8S/c1-21-10-9-11-33(6)27(43-33)17-25(42-29(37)18-26(36)32(4,5)31(39)23(3)30(21)38)22(2)16-24-20-44-28(34-24)19-35(12-14-40-7)13-15-41-8/h16,20-21,23,25-27,30,36,38H,9-15,17-19H2,1-8H3/b22-16+/t21-,23+,25-,26-,27-,30-,33+/m0/s1. The number of ketones is 1. The molecule has 1 aromatic heterocycles. The zero-order valence-corrected chi connectivity index (χ0v) is 28.7. The summed E-state index contributed by atoms with van der Waals surface area (Å²) >= 11 is 1.58. The fraction of sp³-hybridized carbons (Fsp3) is 0.788. The average molecular weight is 639 g/mol. The van der Waals surface area contributed by atoms with Crippen molar-refractivity contribution in [3.05, 3.63) is 21.7 Å². The molecule has 0 spiro atoms. The molecule has 0 saturated carbocycles. The summed E-state index contributed by atoms with van der Waals surface area (Å²) in [5.41, 5.74) is 0.0561. The van der Waals surface area contributed by atoms with Crippen LogP contribution in [0.2, 0.25) is 0 Å². The largest absolute Gasteiger partial charge is 0.458 e. The van der Waals surface area contributed by atoms with Crippen LogP contribution in [0, 0.1) is 17.3 Å². The van der Waals surface area contributed by atoms with Crippen LogP contribution in [0.1, 0.15) is 84.3 Å². The second-order valence-electron chi connectivity index (χ2n) is 13.4. The maximum absolute atomic E-state index is 13.4. The van der Waals surface area contributed by atoms with Crippen LogP contribution in [0.3, 0.4) is 0 Å². The monoisotopic (exact) mass is 638 g/mol. The second-order valence-corrected chi connectivity index (χ2v) is 14.3. The molecular weight excluding hydrogens is 584 g/mol. The predicted molar refractivity (Wildman–Crippen MR) is 170 cm³/mol. The van der Waals surface area contributed by atoms with Crippen LogP contribution in [0.25, 0.3) is 6.08 Å². The van der Waals surface area contributed by atoms with Gasteiger partial charge < -0.3 is 29.2 Å². The minimum Gasteiger partial charge on any atom is -0.458 e. The zero-order chi connectivity index (χ0) is 32.7. The van der Waals surface area contributed by atoms with Gasteiger partial charge in [-0.05, 0) is 44.3 Å². The molecule has 250 valence electrons. The van der Waals surface area contributed by atoms with E-state index < -0.39 is 35.6 Å². The Morgan fingerprint density at radius 2 is 1.82 bits per heavy atom. The molecule has 0 aliphatic carbocycles. The number of Topliss-reactive ketones (excluding diaryl/α,β-unsaturated/α-hetero) is 1. The Morgan fingerprint density at radius 3 is 2.45 bits per heavy atom. The number of carbonyl (C=O) groups excluding carboxylic acids is 2. The SMILES string of the molecule is COCCN(CCOC)Cc1nc(/C=C(\C)[C@@H]2C[C@@H]3O[C@]3(C)CCC[C@H](C)[C@H](O)[C@@H](C)C(=O)C(C)(C)[C@@H](O)CC(=O)O2)cs1. The molecule has 0 amide bonds. The van der Waals surface area contributed by atoms with Crippen molar-refractivity contribution in [3.63, 3.8) is 0 Å². The summed E-state index contributed by atoms with van der Waals surface area (Å²) in [7, 11) is 3.38. The number of nitrogens with zero attached hydrogens (tertiary/aromatic N) is 2. The first-order chi connectivity index (χ1) is 20.7. The maximum atomic E-state index is 13.4. The number of aromatic nitrogens is 1. The molecule has 1 aromatic rings. The number of aliphatic hydroxyl groups is 2. The van der Waals surface area contributed by atoms with E-state index >= 15 is 0 Å². The number of esters is 1. The lowest BCUT2D eigenvalue weighted by molar-refractivity contribution is -0.154. The quantitative estimate of drug-likeness (QED) is 0.283. The van der Waals surface area contributed by atoms with Crippen molar-refractivity contribution < 1.29 is 38.7 Å². The van der Waals surface area contributed by atoms with Crippen LogP contribution in [0.4, 0.5) is 0 Å². The third kappa shape index (κ3) is 9.88. The number of thiazole rings is 1. The van der Waals surface area contributed by atoms with E-state index in [0.29, 0.717) is 26.2 Å². The van der Waals surface area contributed by atoms with Gasteiger partial charge in [-0.2, -0.15) is 0 Å². The summed E-state index contributed by atoms with van der Waals surface area (Å²) in [6.07, 6.45) is 1.75. The molecule has 0 radical (unpaired) electrons. The van der Waals surface area contributed by atoms with Crippen molar-refractivity contribution in [3.8, 4) is 0 Å². The van der Waals surface area contributed by atoms with Gasteiger partial charge in [-0.25, -0.2) is 4.98 Å². The molecular formula is C33H54N2O8S. The molecule has 2 N–H and O–H groups in total. The first-order valence-corrected chi connectivity index (χ1v) is 16.7. The number of hydrogen-bond acceptors (Lipinski definition) is 11. The Balaban J connectivity index is 1.80. The van der Waals surface area contributed by atoms with Gasteiger partial charge >= 0.3 is 5.97 Å². The maximum Gasteiger partial charge on any atom is 0.309 e. The number of methoxy groups -OCH3 is 2. The fourth-order valence-electron chi connectivity index (χ4n) is 5.99. The van der Waals surface area contributed by atoms with E-state index in [2.05, 4.69) is 11.8 Å². The molecule has 2 aliphatic heterocycles. The fourth-order valence-corrected chi connectivity index (χ4v) is 6.78. The smallest absolute Gasteiger partial charge is 0.309 e. The van der Waals surface area contributed by atoms with Crippen LogP contribution in [-0.2, 0) is 35.1 Å². The molecule has 0 unspecified atom stereocenters. The number of carbonyl (C=O) groups is 2. The number of aliphatic hydroxyl groups excluding tert-OH is 2. The normalized spacial score (nSPS) is 32.4. The molecule has 3 rings (SSSR count). The number of rotatable bonds is 10. The minimum absolute atomic E-state index is 0.0835. The van der Waals surface area contributed by atoms with Crippen LogP contribution in [0.15, 0.2) is 11.0 Å². The average Bonchev–Trinajstić information content (AvgIpc) is 3.39. The van der Waals surface area contributed by atoms with E-state index in [9.17, 15) is 19.8 Å². The molecule has 11 heteroatoms. The predicted octanol–water partition coefficient (Wildman–Crippen LogP) is 4.26. The van der Waals surface area contributed by atoms with Gasteiger partial charge in [0.1, 0.15) is 16.9 Å². The molecule has 2 saturated heterocycles.